The van der Waals surface area contributed by atoms with Gasteiger partial charge in [-0.1, -0.05) is 0 Å². The molecule has 1 aliphatic carbocycles. The summed E-state index contributed by atoms with van der Waals surface area (Å²) >= 11 is 0. The molecule has 1 fully saturated rings. The monoisotopic (exact) mass is 436 g/mol. The number of carbonyl (C=O) groups is 1. The number of ether oxygens (including phenoxy) is 2. The number of nitrogens with zero attached hydrogens (tertiary/aromatic N) is 4. The molecule has 1 amide bonds. The molecule has 170 valence electrons. The van der Waals surface area contributed by atoms with E-state index >= 15 is 0 Å². The number of carbonyl (C=O) groups excluding carboxylic acids is 1. The minimum absolute atomic E-state index is 0.131. The Morgan fingerprint density at radius 3 is 2.47 bits per heavy atom. The van der Waals surface area contributed by atoms with Crippen LogP contribution in [-0.2, 0) is 18.3 Å². The minimum Gasteiger partial charge on any atom is -0.497 e. The first-order valence-corrected chi connectivity index (χ1v) is 11.2. The molecule has 4 rings (SSSR count). The highest BCUT2D eigenvalue weighted by molar-refractivity contribution is 5.94. The van der Waals surface area contributed by atoms with E-state index in [9.17, 15) is 4.79 Å². The standard InChI is InChI=1S/C25H32N4O3/c1-15-21(16(2)26-24-23(15)25(32-6)27-28(24)4)13-14-22(30)29(17(3)18-7-8-18)19-9-11-20(31-5)12-10-19/h9-12,17-18H,7-8,13-14H2,1-6H3. The third kappa shape index (κ3) is 4.04. The zero-order chi connectivity index (χ0) is 23.0. The maximum atomic E-state index is 13.5. The van der Waals surface area contributed by atoms with E-state index in [0.717, 1.165) is 39.3 Å². The van der Waals surface area contributed by atoms with E-state index in [1.807, 2.05) is 43.1 Å². The van der Waals surface area contributed by atoms with Gasteiger partial charge in [0.25, 0.3) is 0 Å². The molecule has 0 saturated heterocycles. The van der Waals surface area contributed by atoms with Crippen LogP contribution in [0.1, 0.15) is 43.0 Å². The first-order valence-electron chi connectivity index (χ1n) is 11.2. The van der Waals surface area contributed by atoms with Gasteiger partial charge in [-0.25, -0.2) is 9.67 Å². The molecular weight excluding hydrogens is 404 g/mol. The van der Waals surface area contributed by atoms with E-state index in [0.29, 0.717) is 24.6 Å². The SMILES string of the molecule is COc1ccc(N(C(=O)CCc2c(C)nc3c(c(OC)nn3C)c2C)C(C)C2CC2)cc1. The molecule has 0 aliphatic heterocycles. The van der Waals surface area contributed by atoms with Crippen LogP contribution in [0.5, 0.6) is 11.6 Å². The topological polar surface area (TPSA) is 69.5 Å². The molecule has 32 heavy (non-hydrogen) atoms. The smallest absolute Gasteiger partial charge is 0.242 e. The lowest BCUT2D eigenvalue weighted by Crippen LogP contribution is -2.40. The number of pyridine rings is 1. The third-order valence-corrected chi connectivity index (χ3v) is 6.64. The Morgan fingerprint density at radius 1 is 1.19 bits per heavy atom. The number of aryl methyl sites for hydroxylation is 3. The number of fused-ring (bicyclic) bond motifs is 1. The van der Waals surface area contributed by atoms with Crippen molar-refractivity contribution in [3.63, 3.8) is 0 Å². The Kier molecular flexibility index (Phi) is 6.09. The second-order valence-corrected chi connectivity index (χ2v) is 8.67. The average Bonchev–Trinajstić information content (AvgIpc) is 3.58. The lowest BCUT2D eigenvalue weighted by Gasteiger charge is -2.30. The van der Waals surface area contributed by atoms with E-state index in [1.165, 1.54) is 12.8 Å². The van der Waals surface area contributed by atoms with Crippen LogP contribution >= 0.6 is 0 Å². The van der Waals surface area contributed by atoms with E-state index in [-0.39, 0.29) is 11.9 Å². The van der Waals surface area contributed by atoms with Crippen LogP contribution < -0.4 is 14.4 Å². The highest BCUT2D eigenvalue weighted by Crippen LogP contribution is 2.38. The Morgan fingerprint density at radius 2 is 1.88 bits per heavy atom. The van der Waals surface area contributed by atoms with Gasteiger partial charge in [0.15, 0.2) is 5.65 Å². The summed E-state index contributed by atoms with van der Waals surface area (Å²) in [6, 6.07) is 7.95. The predicted molar refractivity (Wildman–Crippen MR) is 126 cm³/mol. The maximum absolute atomic E-state index is 13.5. The number of hydrogen-bond donors (Lipinski definition) is 0. The summed E-state index contributed by atoms with van der Waals surface area (Å²) in [5.74, 6) is 2.06. The summed E-state index contributed by atoms with van der Waals surface area (Å²) in [6.45, 7) is 6.22. The first kappa shape index (κ1) is 22.1. The zero-order valence-corrected chi connectivity index (χ0v) is 19.8. The molecule has 0 bridgehead atoms. The van der Waals surface area contributed by atoms with E-state index < -0.39 is 0 Å². The molecule has 2 aromatic heterocycles. The number of aromatic nitrogens is 3. The number of methoxy groups -OCH3 is 2. The summed E-state index contributed by atoms with van der Waals surface area (Å²) in [7, 11) is 5.14. The number of hydrogen-bond acceptors (Lipinski definition) is 5. The number of anilines is 1. The van der Waals surface area contributed by atoms with Crippen LogP contribution in [0.15, 0.2) is 24.3 Å². The van der Waals surface area contributed by atoms with Crippen molar-refractivity contribution in [3.05, 3.63) is 41.1 Å². The normalized spacial score (nSPS) is 14.4. The predicted octanol–water partition coefficient (Wildman–Crippen LogP) is 4.37. The van der Waals surface area contributed by atoms with Gasteiger partial charge in [-0.05, 0) is 81.3 Å². The fraction of sp³-hybridized carbons (Fsp3) is 0.480. The van der Waals surface area contributed by atoms with Gasteiger partial charge in [-0.15, -0.1) is 5.10 Å². The summed E-state index contributed by atoms with van der Waals surface area (Å²) in [4.78, 5) is 20.2. The molecule has 1 aromatic carbocycles. The molecular formula is C25H32N4O3. The third-order valence-electron chi connectivity index (χ3n) is 6.64. The number of amides is 1. The summed E-state index contributed by atoms with van der Waals surface area (Å²) in [5, 5.41) is 5.34. The molecule has 0 spiro atoms. The van der Waals surface area contributed by atoms with Crippen LogP contribution in [0.2, 0.25) is 0 Å². The van der Waals surface area contributed by atoms with Gasteiger partial charge in [0, 0.05) is 30.9 Å². The lowest BCUT2D eigenvalue weighted by molar-refractivity contribution is -0.119. The molecule has 0 N–H and O–H groups in total. The van der Waals surface area contributed by atoms with Crippen molar-refractivity contribution in [1.82, 2.24) is 14.8 Å². The zero-order valence-electron chi connectivity index (χ0n) is 19.8. The van der Waals surface area contributed by atoms with Gasteiger partial charge in [0.05, 0.1) is 19.6 Å². The Labute approximate surface area is 189 Å². The summed E-state index contributed by atoms with van der Waals surface area (Å²) in [5.41, 5.74) is 4.82. The molecule has 3 aromatic rings. The highest BCUT2D eigenvalue weighted by Gasteiger charge is 2.35. The van der Waals surface area contributed by atoms with Crippen molar-refractivity contribution in [2.24, 2.45) is 13.0 Å². The van der Waals surface area contributed by atoms with Gasteiger partial charge in [-0.3, -0.25) is 4.79 Å². The molecule has 2 heterocycles. The minimum atomic E-state index is 0.131. The van der Waals surface area contributed by atoms with Crippen molar-refractivity contribution in [1.29, 1.82) is 0 Å². The largest absolute Gasteiger partial charge is 0.497 e. The molecule has 1 saturated carbocycles. The van der Waals surface area contributed by atoms with Crippen molar-refractivity contribution in [2.45, 2.75) is 52.5 Å². The fourth-order valence-corrected chi connectivity index (χ4v) is 4.60. The molecule has 7 heteroatoms. The van der Waals surface area contributed by atoms with Gasteiger partial charge in [0.2, 0.25) is 11.8 Å². The van der Waals surface area contributed by atoms with Crippen LogP contribution in [0.4, 0.5) is 5.69 Å². The van der Waals surface area contributed by atoms with Gasteiger partial charge < -0.3 is 14.4 Å². The highest BCUT2D eigenvalue weighted by atomic mass is 16.5. The van der Waals surface area contributed by atoms with Crippen molar-refractivity contribution in [2.75, 3.05) is 19.1 Å². The molecule has 7 nitrogen and oxygen atoms in total. The summed E-state index contributed by atoms with van der Waals surface area (Å²) in [6.07, 6.45) is 3.41. The first-order chi connectivity index (χ1) is 15.3. The molecule has 1 atom stereocenters. The lowest BCUT2D eigenvalue weighted by atomic mass is 9.99. The van der Waals surface area contributed by atoms with E-state index in [1.54, 1.807) is 18.9 Å². The molecule has 1 aliphatic rings. The Bertz CT molecular complexity index is 1130. The Hall–Kier alpha value is -3.09. The quantitative estimate of drug-likeness (QED) is 0.525. The van der Waals surface area contributed by atoms with Crippen molar-refractivity contribution in [3.8, 4) is 11.6 Å². The van der Waals surface area contributed by atoms with Crippen LogP contribution in [-0.4, -0.2) is 40.9 Å². The number of benzene rings is 1. The van der Waals surface area contributed by atoms with Gasteiger partial charge >= 0.3 is 0 Å². The number of rotatable bonds is 8. The van der Waals surface area contributed by atoms with Crippen LogP contribution in [0.3, 0.4) is 0 Å². The van der Waals surface area contributed by atoms with Gasteiger partial charge in [-0.2, -0.15) is 0 Å². The Balaban J connectivity index is 1.61. The fourth-order valence-electron chi connectivity index (χ4n) is 4.60. The van der Waals surface area contributed by atoms with Crippen LogP contribution in [0.25, 0.3) is 11.0 Å². The van der Waals surface area contributed by atoms with E-state index in [2.05, 4.69) is 18.9 Å². The average molecular weight is 437 g/mol. The van der Waals surface area contributed by atoms with Crippen LogP contribution in [0, 0.1) is 19.8 Å². The molecule has 1 unspecified atom stereocenters. The van der Waals surface area contributed by atoms with E-state index in [4.69, 9.17) is 14.5 Å². The second-order valence-electron chi connectivity index (χ2n) is 8.67. The second kappa shape index (κ2) is 8.81. The molecule has 0 radical (unpaired) electrons. The van der Waals surface area contributed by atoms with Crippen molar-refractivity contribution < 1.29 is 14.3 Å². The summed E-state index contributed by atoms with van der Waals surface area (Å²) < 4.78 is 12.5. The maximum Gasteiger partial charge on any atom is 0.242 e. The van der Waals surface area contributed by atoms with Gasteiger partial charge in [0.1, 0.15) is 5.75 Å². The van der Waals surface area contributed by atoms with Crippen molar-refractivity contribution >= 4 is 22.6 Å².